The molecule has 0 spiro atoms. The maximum absolute atomic E-state index is 12.7. The molecule has 162 valence electrons. The van der Waals surface area contributed by atoms with E-state index in [1.54, 1.807) is 31.6 Å². The van der Waals surface area contributed by atoms with Crippen molar-refractivity contribution in [2.24, 2.45) is 0 Å². The number of hydrogen-bond donors (Lipinski definition) is 1. The molecule has 11 heteroatoms. The van der Waals surface area contributed by atoms with E-state index >= 15 is 0 Å². The van der Waals surface area contributed by atoms with E-state index in [1.807, 2.05) is 22.8 Å². The number of pyridine rings is 1. The van der Waals surface area contributed by atoms with Gasteiger partial charge in [-0.25, -0.2) is 0 Å². The van der Waals surface area contributed by atoms with Crippen LogP contribution in [0.25, 0.3) is 11.4 Å². The Balaban J connectivity index is 1.53. The number of nitro groups is 1. The van der Waals surface area contributed by atoms with E-state index in [0.717, 1.165) is 11.3 Å². The zero-order chi connectivity index (χ0) is 22.5. The molecular weight excluding hydrogens is 432 g/mol. The monoisotopic (exact) mass is 450 g/mol. The van der Waals surface area contributed by atoms with Crippen LogP contribution in [0.3, 0.4) is 0 Å². The number of nitrogens with one attached hydrogen (secondary N) is 1. The largest absolute Gasteiger partial charge is 0.467 e. The summed E-state index contributed by atoms with van der Waals surface area (Å²) in [5, 5.41) is 22.2. The van der Waals surface area contributed by atoms with Gasteiger partial charge in [0, 0.05) is 35.8 Å². The van der Waals surface area contributed by atoms with Crippen molar-refractivity contribution in [2.75, 3.05) is 5.32 Å². The summed E-state index contributed by atoms with van der Waals surface area (Å²) in [4.78, 5) is 27.1. The smallest absolute Gasteiger partial charge is 0.269 e. The predicted octanol–water partition coefficient (Wildman–Crippen LogP) is 4.01. The topological polar surface area (TPSA) is 129 Å². The van der Waals surface area contributed by atoms with Crippen LogP contribution in [0.4, 0.5) is 11.4 Å². The molecule has 3 aromatic heterocycles. The van der Waals surface area contributed by atoms with Crippen molar-refractivity contribution >= 4 is 29.0 Å². The highest BCUT2D eigenvalue weighted by Gasteiger charge is 2.22. The lowest BCUT2D eigenvalue weighted by atomic mass is 10.2. The number of thioether (sulfide) groups is 1. The molecule has 10 nitrogen and oxygen atoms in total. The summed E-state index contributed by atoms with van der Waals surface area (Å²) in [7, 11) is 0. The third-order valence-corrected chi connectivity index (χ3v) is 5.61. The van der Waals surface area contributed by atoms with Gasteiger partial charge in [-0.3, -0.25) is 24.5 Å². The second-order valence-corrected chi connectivity index (χ2v) is 8.07. The summed E-state index contributed by atoms with van der Waals surface area (Å²) in [6.45, 7) is 2.14. The lowest BCUT2D eigenvalue weighted by molar-refractivity contribution is -0.384. The highest BCUT2D eigenvalue weighted by molar-refractivity contribution is 8.00. The van der Waals surface area contributed by atoms with E-state index in [-0.39, 0.29) is 11.6 Å². The number of anilines is 1. The fourth-order valence-electron chi connectivity index (χ4n) is 2.91. The zero-order valence-electron chi connectivity index (χ0n) is 16.9. The number of carbonyl (C=O) groups is 1. The highest BCUT2D eigenvalue weighted by atomic mass is 32.2. The molecule has 4 aromatic rings. The van der Waals surface area contributed by atoms with Crippen LogP contribution in [0.1, 0.15) is 12.7 Å². The molecule has 1 unspecified atom stereocenters. The number of aromatic nitrogens is 4. The normalized spacial score (nSPS) is 11.8. The van der Waals surface area contributed by atoms with Gasteiger partial charge in [0.25, 0.3) is 5.69 Å². The van der Waals surface area contributed by atoms with Gasteiger partial charge < -0.3 is 9.73 Å². The molecule has 1 N–H and O–H groups in total. The van der Waals surface area contributed by atoms with Crippen molar-refractivity contribution in [3.05, 3.63) is 83.1 Å². The molecule has 3 heterocycles. The molecule has 32 heavy (non-hydrogen) atoms. The minimum Gasteiger partial charge on any atom is -0.467 e. The van der Waals surface area contributed by atoms with E-state index in [2.05, 4.69) is 20.5 Å². The van der Waals surface area contributed by atoms with Crippen LogP contribution in [-0.2, 0) is 11.3 Å². The van der Waals surface area contributed by atoms with Crippen molar-refractivity contribution in [3.8, 4) is 11.4 Å². The van der Waals surface area contributed by atoms with Gasteiger partial charge in [-0.15, -0.1) is 10.2 Å². The number of benzene rings is 1. The fourth-order valence-corrected chi connectivity index (χ4v) is 3.76. The van der Waals surface area contributed by atoms with Crippen molar-refractivity contribution in [1.29, 1.82) is 0 Å². The number of hydrogen-bond acceptors (Lipinski definition) is 8. The molecule has 0 saturated heterocycles. The van der Waals surface area contributed by atoms with E-state index in [1.165, 1.54) is 36.0 Å². The van der Waals surface area contributed by atoms with Crippen molar-refractivity contribution in [1.82, 2.24) is 19.7 Å². The van der Waals surface area contributed by atoms with Gasteiger partial charge in [0.15, 0.2) is 11.0 Å². The van der Waals surface area contributed by atoms with Crippen molar-refractivity contribution < 1.29 is 14.1 Å². The van der Waals surface area contributed by atoms with E-state index in [0.29, 0.717) is 23.2 Å². The molecule has 0 bridgehead atoms. The number of carbonyl (C=O) groups excluding carboxylic acids is 1. The number of rotatable bonds is 8. The van der Waals surface area contributed by atoms with Gasteiger partial charge in [-0.1, -0.05) is 11.8 Å². The summed E-state index contributed by atoms with van der Waals surface area (Å²) in [6.07, 6.45) is 4.97. The first kappa shape index (κ1) is 21.2. The molecule has 1 amide bonds. The van der Waals surface area contributed by atoms with E-state index < -0.39 is 10.2 Å². The van der Waals surface area contributed by atoms with Crippen LogP contribution in [0.5, 0.6) is 0 Å². The highest BCUT2D eigenvalue weighted by Crippen LogP contribution is 2.28. The second-order valence-electron chi connectivity index (χ2n) is 6.77. The van der Waals surface area contributed by atoms with Gasteiger partial charge in [-0.2, -0.15) is 0 Å². The first-order valence-electron chi connectivity index (χ1n) is 9.59. The van der Waals surface area contributed by atoms with Crippen LogP contribution in [0.15, 0.2) is 76.8 Å². The van der Waals surface area contributed by atoms with Gasteiger partial charge in [0.05, 0.1) is 23.0 Å². The number of furan rings is 1. The summed E-state index contributed by atoms with van der Waals surface area (Å²) in [6, 6.07) is 13.0. The number of nitrogens with zero attached hydrogens (tertiary/aromatic N) is 5. The van der Waals surface area contributed by atoms with Crippen LogP contribution in [0.2, 0.25) is 0 Å². The summed E-state index contributed by atoms with van der Waals surface area (Å²) in [5.41, 5.74) is 1.22. The number of nitro benzene ring substituents is 1. The van der Waals surface area contributed by atoms with Crippen LogP contribution >= 0.6 is 11.8 Å². The standard InChI is InChI=1S/C21H18N6O4S/c1-14(20(28)23-16-6-8-17(9-7-16)27(29)30)32-21-25-24-19(15-4-2-10-22-12-15)26(21)13-18-5-3-11-31-18/h2-12,14H,13H2,1H3,(H,23,28). The Bertz CT molecular complexity index is 1210. The molecule has 0 aliphatic rings. The van der Waals surface area contributed by atoms with Crippen molar-refractivity contribution in [2.45, 2.75) is 23.9 Å². The quantitative estimate of drug-likeness (QED) is 0.242. The SMILES string of the molecule is CC(Sc1nnc(-c2cccnc2)n1Cc1ccco1)C(=O)Nc1ccc([N+](=O)[O-])cc1. The Kier molecular flexibility index (Phi) is 6.26. The molecule has 4 rings (SSSR count). The summed E-state index contributed by atoms with van der Waals surface area (Å²) < 4.78 is 7.35. The Morgan fingerprint density at radius 3 is 2.69 bits per heavy atom. The zero-order valence-corrected chi connectivity index (χ0v) is 17.7. The van der Waals surface area contributed by atoms with Gasteiger partial charge >= 0.3 is 0 Å². The van der Waals surface area contributed by atoms with Crippen molar-refractivity contribution in [3.63, 3.8) is 0 Å². The Morgan fingerprint density at radius 2 is 2.03 bits per heavy atom. The average Bonchev–Trinajstić information content (AvgIpc) is 3.45. The Morgan fingerprint density at radius 1 is 1.22 bits per heavy atom. The van der Waals surface area contributed by atoms with E-state index in [9.17, 15) is 14.9 Å². The number of amides is 1. The molecule has 0 radical (unpaired) electrons. The molecule has 0 saturated carbocycles. The lowest BCUT2D eigenvalue weighted by Crippen LogP contribution is -2.23. The lowest BCUT2D eigenvalue weighted by Gasteiger charge is -2.13. The maximum Gasteiger partial charge on any atom is 0.269 e. The van der Waals surface area contributed by atoms with E-state index in [4.69, 9.17) is 4.42 Å². The Hall–Kier alpha value is -3.99. The predicted molar refractivity (Wildman–Crippen MR) is 118 cm³/mol. The Labute approximate surface area is 186 Å². The molecule has 0 aliphatic heterocycles. The molecule has 1 atom stereocenters. The molecule has 0 aliphatic carbocycles. The summed E-state index contributed by atoms with van der Waals surface area (Å²) in [5.74, 6) is 1.07. The van der Waals surface area contributed by atoms with Crippen LogP contribution in [0, 0.1) is 10.1 Å². The van der Waals surface area contributed by atoms with Crippen LogP contribution < -0.4 is 5.32 Å². The molecule has 0 fully saturated rings. The first-order chi connectivity index (χ1) is 15.5. The first-order valence-corrected chi connectivity index (χ1v) is 10.5. The van der Waals surface area contributed by atoms with Gasteiger partial charge in [-0.05, 0) is 43.3 Å². The fraction of sp³-hybridized carbons (Fsp3) is 0.143. The maximum atomic E-state index is 12.7. The number of non-ortho nitro benzene ring substituents is 1. The molecule has 1 aromatic carbocycles. The van der Waals surface area contributed by atoms with Crippen LogP contribution in [-0.4, -0.2) is 35.8 Å². The van der Waals surface area contributed by atoms with Gasteiger partial charge in [0.2, 0.25) is 5.91 Å². The summed E-state index contributed by atoms with van der Waals surface area (Å²) >= 11 is 1.25. The van der Waals surface area contributed by atoms with Gasteiger partial charge in [0.1, 0.15) is 5.76 Å². The second kappa shape index (κ2) is 9.43. The average molecular weight is 450 g/mol. The third kappa shape index (κ3) is 4.83. The minimum atomic E-state index is -0.508. The minimum absolute atomic E-state index is 0.0422. The third-order valence-electron chi connectivity index (χ3n) is 4.53. The molecular formula is C21H18N6O4S.